The van der Waals surface area contributed by atoms with Gasteiger partial charge in [0.25, 0.3) is 5.91 Å². The molecule has 1 heterocycles. The minimum Gasteiger partial charge on any atom is -0.480 e. The summed E-state index contributed by atoms with van der Waals surface area (Å²) in [6, 6.07) is 3.06. The second kappa shape index (κ2) is 5.99. The lowest BCUT2D eigenvalue weighted by Gasteiger charge is -2.33. The van der Waals surface area contributed by atoms with Crippen molar-refractivity contribution in [1.29, 1.82) is 0 Å². The Kier molecular flexibility index (Phi) is 4.21. The van der Waals surface area contributed by atoms with Gasteiger partial charge >= 0.3 is 5.97 Å². The lowest BCUT2D eigenvalue weighted by Crippen LogP contribution is -2.46. The van der Waals surface area contributed by atoms with Gasteiger partial charge in [-0.3, -0.25) is 4.79 Å². The van der Waals surface area contributed by atoms with Gasteiger partial charge in [0.2, 0.25) is 0 Å². The minimum atomic E-state index is -0.977. The van der Waals surface area contributed by atoms with Crippen molar-refractivity contribution in [1.82, 2.24) is 4.90 Å². The zero-order valence-electron chi connectivity index (χ0n) is 12.0. The number of halogens is 2. The number of carbonyl (C=O) groups is 2. The molecule has 1 aliphatic heterocycles. The predicted molar refractivity (Wildman–Crippen MR) is 82.1 cm³/mol. The standard InChI is InChI=1S/C16H17BrFNO3/c17-12-6-5-10(18)8-11(12)15(20)19-13-4-2-1-3-9(13)7-14(19)16(21)22/h5-6,8-9,13-14H,1-4,7H2,(H,21,22). The van der Waals surface area contributed by atoms with Crippen LogP contribution in [0.25, 0.3) is 0 Å². The molecule has 0 spiro atoms. The molecule has 1 N–H and O–H groups in total. The van der Waals surface area contributed by atoms with E-state index in [0.29, 0.717) is 10.9 Å². The average Bonchev–Trinajstić information content (AvgIpc) is 2.88. The summed E-state index contributed by atoms with van der Waals surface area (Å²) in [6.07, 6.45) is 4.37. The van der Waals surface area contributed by atoms with Crippen LogP contribution in [0.2, 0.25) is 0 Å². The van der Waals surface area contributed by atoms with Gasteiger partial charge in [-0.2, -0.15) is 0 Å². The summed E-state index contributed by atoms with van der Waals surface area (Å²) in [7, 11) is 0. The van der Waals surface area contributed by atoms with Crippen LogP contribution >= 0.6 is 15.9 Å². The van der Waals surface area contributed by atoms with E-state index in [9.17, 15) is 19.1 Å². The highest BCUT2D eigenvalue weighted by Crippen LogP contribution is 2.41. The summed E-state index contributed by atoms with van der Waals surface area (Å²) >= 11 is 3.26. The van der Waals surface area contributed by atoms with Gasteiger partial charge in [-0.25, -0.2) is 9.18 Å². The van der Waals surface area contributed by atoms with E-state index in [2.05, 4.69) is 15.9 Å². The zero-order valence-corrected chi connectivity index (χ0v) is 13.6. The number of rotatable bonds is 2. The number of carboxylic acid groups (broad SMARTS) is 1. The Bertz CT molecular complexity index is 621. The fourth-order valence-electron chi connectivity index (χ4n) is 3.77. The highest BCUT2D eigenvalue weighted by atomic mass is 79.9. The lowest BCUT2D eigenvalue weighted by atomic mass is 9.84. The van der Waals surface area contributed by atoms with E-state index < -0.39 is 23.7 Å². The first-order chi connectivity index (χ1) is 10.5. The Morgan fingerprint density at radius 2 is 2.00 bits per heavy atom. The Morgan fingerprint density at radius 3 is 2.73 bits per heavy atom. The Morgan fingerprint density at radius 1 is 1.27 bits per heavy atom. The van der Waals surface area contributed by atoms with E-state index in [1.807, 2.05) is 0 Å². The maximum atomic E-state index is 13.5. The topological polar surface area (TPSA) is 57.6 Å². The zero-order chi connectivity index (χ0) is 15.9. The number of nitrogens with zero attached hydrogens (tertiary/aromatic N) is 1. The quantitative estimate of drug-likeness (QED) is 0.868. The molecule has 0 radical (unpaired) electrons. The van der Waals surface area contributed by atoms with Gasteiger partial charge in [0.05, 0.1) is 5.56 Å². The third-order valence-electron chi connectivity index (χ3n) is 4.77. The van der Waals surface area contributed by atoms with Gasteiger partial charge in [0, 0.05) is 10.5 Å². The average molecular weight is 370 g/mol. The van der Waals surface area contributed by atoms with Gasteiger partial charge in [0.1, 0.15) is 11.9 Å². The van der Waals surface area contributed by atoms with Crippen LogP contribution in [0.15, 0.2) is 22.7 Å². The first-order valence-electron chi connectivity index (χ1n) is 7.49. The number of carbonyl (C=O) groups excluding carboxylic acids is 1. The molecule has 1 aromatic carbocycles. The Labute approximate surface area is 136 Å². The number of likely N-dealkylation sites (tertiary alicyclic amines) is 1. The van der Waals surface area contributed by atoms with Crippen LogP contribution in [-0.4, -0.2) is 34.0 Å². The molecule has 1 saturated heterocycles. The fourth-order valence-corrected chi connectivity index (χ4v) is 4.19. The molecule has 2 fully saturated rings. The van der Waals surface area contributed by atoms with E-state index in [0.717, 1.165) is 25.7 Å². The smallest absolute Gasteiger partial charge is 0.326 e. The van der Waals surface area contributed by atoms with Gasteiger partial charge in [0.15, 0.2) is 0 Å². The van der Waals surface area contributed by atoms with E-state index >= 15 is 0 Å². The van der Waals surface area contributed by atoms with Crippen LogP contribution in [0.1, 0.15) is 42.5 Å². The second-order valence-electron chi connectivity index (χ2n) is 6.04. The molecule has 3 unspecified atom stereocenters. The monoisotopic (exact) mass is 369 g/mol. The van der Waals surface area contributed by atoms with Crippen molar-refractivity contribution in [3.05, 3.63) is 34.1 Å². The summed E-state index contributed by atoms with van der Waals surface area (Å²) in [6.45, 7) is 0. The van der Waals surface area contributed by atoms with E-state index in [1.54, 1.807) is 0 Å². The van der Waals surface area contributed by atoms with Crippen molar-refractivity contribution >= 4 is 27.8 Å². The summed E-state index contributed by atoms with van der Waals surface area (Å²) in [5.74, 6) is -1.63. The molecule has 22 heavy (non-hydrogen) atoms. The Balaban J connectivity index is 1.97. The molecule has 6 heteroatoms. The SMILES string of the molecule is O=C(O)C1CC2CCCCC2N1C(=O)c1cc(F)ccc1Br. The largest absolute Gasteiger partial charge is 0.480 e. The van der Waals surface area contributed by atoms with Crippen LogP contribution in [0.3, 0.4) is 0 Å². The van der Waals surface area contributed by atoms with E-state index in [4.69, 9.17) is 0 Å². The minimum absolute atomic E-state index is 0.0440. The van der Waals surface area contributed by atoms with Crippen molar-refractivity contribution in [3.63, 3.8) is 0 Å². The summed E-state index contributed by atoms with van der Waals surface area (Å²) < 4.78 is 14.0. The number of benzene rings is 1. The fraction of sp³-hybridized carbons (Fsp3) is 0.500. The molecule has 1 saturated carbocycles. The molecule has 2 aliphatic rings. The van der Waals surface area contributed by atoms with Gasteiger partial charge in [-0.15, -0.1) is 0 Å². The summed E-state index contributed by atoms with van der Waals surface area (Å²) in [4.78, 5) is 25.9. The van der Waals surface area contributed by atoms with Crippen molar-refractivity contribution < 1.29 is 19.1 Å². The van der Waals surface area contributed by atoms with Gasteiger partial charge < -0.3 is 10.0 Å². The summed E-state index contributed by atoms with van der Waals surface area (Å²) in [5.41, 5.74) is 0.192. The number of fused-ring (bicyclic) bond motifs is 1. The van der Waals surface area contributed by atoms with Crippen molar-refractivity contribution in [2.24, 2.45) is 5.92 Å². The van der Waals surface area contributed by atoms with Crippen molar-refractivity contribution in [2.45, 2.75) is 44.2 Å². The van der Waals surface area contributed by atoms with E-state index in [1.165, 1.54) is 23.1 Å². The molecular weight excluding hydrogens is 353 g/mol. The molecule has 118 valence electrons. The number of aliphatic carboxylic acids is 1. The number of carboxylic acids is 1. The number of hydrogen-bond acceptors (Lipinski definition) is 2. The molecule has 3 atom stereocenters. The van der Waals surface area contributed by atoms with Crippen LogP contribution < -0.4 is 0 Å². The van der Waals surface area contributed by atoms with Crippen molar-refractivity contribution in [3.8, 4) is 0 Å². The third-order valence-corrected chi connectivity index (χ3v) is 5.46. The maximum Gasteiger partial charge on any atom is 0.326 e. The molecule has 0 aromatic heterocycles. The first-order valence-corrected chi connectivity index (χ1v) is 8.29. The third kappa shape index (κ3) is 2.64. The van der Waals surface area contributed by atoms with Gasteiger partial charge in [-0.05, 0) is 59.3 Å². The summed E-state index contributed by atoms with van der Waals surface area (Å²) in [5, 5.41) is 9.47. The molecule has 1 amide bonds. The van der Waals surface area contributed by atoms with Crippen molar-refractivity contribution in [2.75, 3.05) is 0 Å². The molecule has 0 bridgehead atoms. The first kappa shape index (κ1) is 15.5. The maximum absolute atomic E-state index is 13.5. The van der Waals surface area contributed by atoms with Gasteiger partial charge in [-0.1, -0.05) is 12.8 Å². The highest BCUT2D eigenvalue weighted by molar-refractivity contribution is 9.10. The highest BCUT2D eigenvalue weighted by Gasteiger charge is 2.47. The Hall–Kier alpha value is -1.43. The predicted octanol–water partition coefficient (Wildman–Crippen LogP) is 3.45. The molecule has 1 aliphatic carbocycles. The lowest BCUT2D eigenvalue weighted by molar-refractivity contribution is -0.141. The normalized spacial score (nSPS) is 27.5. The second-order valence-corrected chi connectivity index (χ2v) is 6.89. The molecule has 4 nitrogen and oxygen atoms in total. The number of hydrogen-bond donors (Lipinski definition) is 1. The molecular formula is C16H17BrFNO3. The molecule has 3 rings (SSSR count). The van der Waals surface area contributed by atoms with Crippen LogP contribution in [0, 0.1) is 11.7 Å². The number of amides is 1. The van der Waals surface area contributed by atoms with Crippen LogP contribution in [0.5, 0.6) is 0 Å². The van der Waals surface area contributed by atoms with E-state index in [-0.39, 0.29) is 17.5 Å². The van der Waals surface area contributed by atoms with Crippen LogP contribution in [-0.2, 0) is 4.79 Å². The molecule has 1 aromatic rings. The van der Waals surface area contributed by atoms with Crippen LogP contribution in [0.4, 0.5) is 4.39 Å².